The Morgan fingerprint density at radius 3 is 2.67 bits per heavy atom. The SMILES string of the molecule is C#CSC=CC. The van der Waals surface area contributed by atoms with Crippen molar-refractivity contribution in [3.8, 4) is 11.7 Å². The summed E-state index contributed by atoms with van der Waals surface area (Å²) in [5, 5.41) is 4.26. The van der Waals surface area contributed by atoms with E-state index in [1.165, 1.54) is 11.8 Å². The van der Waals surface area contributed by atoms with Crippen LogP contribution in [0.3, 0.4) is 0 Å². The van der Waals surface area contributed by atoms with E-state index in [0.717, 1.165) is 0 Å². The fourth-order valence-electron chi connectivity index (χ4n) is 0.107. The predicted octanol–water partition coefficient (Wildman–Crippen LogP) is 1.84. The van der Waals surface area contributed by atoms with Gasteiger partial charge in [-0.25, -0.2) is 0 Å². The molecule has 6 heavy (non-hydrogen) atoms. The van der Waals surface area contributed by atoms with Crippen LogP contribution >= 0.6 is 11.8 Å². The zero-order valence-corrected chi connectivity index (χ0v) is 4.46. The Morgan fingerprint density at radius 2 is 2.50 bits per heavy atom. The number of terminal acetylenes is 1. The Balaban J connectivity index is 2.92. The molecule has 0 fully saturated rings. The van der Waals surface area contributed by atoms with Gasteiger partial charge in [-0.1, -0.05) is 6.08 Å². The summed E-state index contributed by atoms with van der Waals surface area (Å²) in [5.41, 5.74) is 0. The van der Waals surface area contributed by atoms with Crippen molar-refractivity contribution in [2.24, 2.45) is 0 Å². The molecule has 0 amide bonds. The van der Waals surface area contributed by atoms with Crippen molar-refractivity contribution in [3.63, 3.8) is 0 Å². The first kappa shape index (κ1) is 5.65. The molecule has 0 saturated heterocycles. The standard InChI is InChI=1S/C5H6S/c1-3-5-6-4-2/h2-3,5H,1H3. The minimum absolute atomic E-state index is 1.36. The summed E-state index contributed by atoms with van der Waals surface area (Å²) in [4.78, 5) is 0. The van der Waals surface area contributed by atoms with E-state index in [2.05, 4.69) is 5.25 Å². The first-order valence-corrected chi connectivity index (χ1v) is 2.52. The van der Waals surface area contributed by atoms with Crippen LogP contribution in [-0.2, 0) is 0 Å². The second kappa shape index (κ2) is 4.65. The molecule has 0 unspecified atom stereocenters. The zero-order valence-electron chi connectivity index (χ0n) is 3.64. The van der Waals surface area contributed by atoms with Gasteiger partial charge in [0.15, 0.2) is 0 Å². The first-order chi connectivity index (χ1) is 2.91. The van der Waals surface area contributed by atoms with E-state index < -0.39 is 0 Å². The van der Waals surface area contributed by atoms with Gasteiger partial charge in [0.2, 0.25) is 0 Å². The lowest BCUT2D eigenvalue weighted by Gasteiger charge is -1.66. The summed E-state index contributed by atoms with van der Waals surface area (Å²) in [5.74, 6) is 0. The van der Waals surface area contributed by atoms with Crippen LogP contribution in [0, 0.1) is 11.7 Å². The van der Waals surface area contributed by atoms with E-state index in [1.54, 1.807) is 0 Å². The molecule has 0 bridgehead atoms. The molecule has 1 heteroatoms. The molecule has 32 valence electrons. The van der Waals surface area contributed by atoms with E-state index in [9.17, 15) is 0 Å². The Labute approximate surface area is 42.6 Å². The molecule has 0 aromatic heterocycles. The maximum absolute atomic E-state index is 4.88. The first-order valence-electron chi connectivity index (χ1n) is 1.64. The highest BCUT2D eigenvalue weighted by molar-refractivity contribution is 8.06. The maximum Gasteiger partial charge on any atom is -0.0204 e. The van der Waals surface area contributed by atoms with Gasteiger partial charge in [0.25, 0.3) is 0 Å². The Morgan fingerprint density at radius 1 is 1.83 bits per heavy atom. The van der Waals surface area contributed by atoms with E-state index in [0.29, 0.717) is 0 Å². The minimum Gasteiger partial charge on any atom is -0.108 e. The molecule has 0 aromatic rings. The van der Waals surface area contributed by atoms with Gasteiger partial charge in [0.05, 0.1) is 0 Å². The molecule has 0 nitrogen and oxygen atoms in total. The lowest BCUT2D eigenvalue weighted by molar-refractivity contribution is 1.79. The molecular weight excluding hydrogens is 92.1 g/mol. The highest BCUT2D eigenvalue weighted by Crippen LogP contribution is 1.94. The van der Waals surface area contributed by atoms with E-state index in [-0.39, 0.29) is 0 Å². The molecular formula is C5H6S. The van der Waals surface area contributed by atoms with Crippen molar-refractivity contribution < 1.29 is 0 Å². The van der Waals surface area contributed by atoms with Gasteiger partial charge in [-0.2, -0.15) is 0 Å². The normalized spacial score (nSPS) is 8.67. The summed E-state index contributed by atoms with van der Waals surface area (Å²) in [6.07, 6.45) is 6.78. The summed E-state index contributed by atoms with van der Waals surface area (Å²) in [7, 11) is 0. The molecule has 0 aromatic carbocycles. The van der Waals surface area contributed by atoms with Crippen LogP contribution in [0.2, 0.25) is 0 Å². The zero-order chi connectivity index (χ0) is 4.83. The van der Waals surface area contributed by atoms with Crippen LogP contribution in [-0.4, -0.2) is 0 Å². The van der Waals surface area contributed by atoms with E-state index >= 15 is 0 Å². The van der Waals surface area contributed by atoms with Crippen LogP contribution in [0.1, 0.15) is 6.92 Å². The summed E-state index contributed by atoms with van der Waals surface area (Å²) < 4.78 is 0. The van der Waals surface area contributed by atoms with Gasteiger partial charge in [0.1, 0.15) is 0 Å². The lowest BCUT2D eigenvalue weighted by atomic mass is 10.8. The van der Waals surface area contributed by atoms with Gasteiger partial charge in [0, 0.05) is 0 Å². The van der Waals surface area contributed by atoms with Crippen LogP contribution in [0.5, 0.6) is 0 Å². The molecule has 0 atom stereocenters. The molecule has 0 rings (SSSR count). The quantitative estimate of drug-likeness (QED) is 0.451. The van der Waals surface area contributed by atoms with Gasteiger partial charge in [-0.15, -0.1) is 6.42 Å². The smallest absolute Gasteiger partial charge is 0.0204 e. The number of hydrogen-bond acceptors (Lipinski definition) is 1. The van der Waals surface area contributed by atoms with Crippen molar-refractivity contribution in [1.29, 1.82) is 0 Å². The number of rotatable bonds is 1. The number of hydrogen-bond donors (Lipinski definition) is 0. The second-order valence-electron chi connectivity index (χ2n) is 0.705. The Hall–Kier alpha value is -0.350. The number of thioether (sulfide) groups is 1. The van der Waals surface area contributed by atoms with Crippen LogP contribution in [0.15, 0.2) is 11.5 Å². The van der Waals surface area contributed by atoms with Gasteiger partial charge < -0.3 is 0 Å². The maximum atomic E-state index is 4.88. The third-order valence-corrected chi connectivity index (χ3v) is 0.816. The highest BCUT2D eigenvalue weighted by Gasteiger charge is 1.57. The average molecular weight is 98.2 g/mol. The fraction of sp³-hybridized carbons (Fsp3) is 0.200. The average Bonchev–Trinajstić information content (AvgIpc) is 1.61. The second-order valence-corrected chi connectivity index (χ2v) is 1.45. The van der Waals surface area contributed by atoms with Gasteiger partial charge in [-0.3, -0.25) is 0 Å². The van der Waals surface area contributed by atoms with Crippen LogP contribution < -0.4 is 0 Å². The van der Waals surface area contributed by atoms with Crippen molar-refractivity contribution in [1.82, 2.24) is 0 Å². The molecule has 0 aliphatic rings. The molecule has 0 spiro atoms. The van der Waals surface area contributed by atoms with E-state index in [4.69, 9.17) is 6.42 Å². The topological polar surface area (TPSA) is 0 Å². The third kappa shape index (κ3) is 3.65. The predicted molar refractivity (Wildman–Crippen MR) is 31.2 cm³/mol. The van der Waals surface area contributed by atoms with Gasteiger partial charge >= 0.3 is 0 Å². The highest BCUT2D eigenvalue weighted by atomic mass is 32.2. The largest absolute Gasteiger partial charge is 0.108 e. The molecule has 0 N–H and O–H groups in total. The van der Waals surface area contributed by atoms with Crippen molar-refractivity contribution in [3.05, 3.63) is 11.5 Å². The van der Waals surface area contributed by atoms with Crippen molar-refractivity contribution in [2.75, 3.05) is 0 Å². The van der Waals surface area contributed by atoms with Crippen LogP contribution in [0.25, 0.3) is 0 Å². The van der Waals surface area contributed by atoms with Gasteiger partial charge in [-0.05, 0) is 29.3 Å². The number of allylic oxidation sites excluding steroid dienone is 1. The lowest BCUT2D eigenvalue weighted by Crippen LogP contribution is -1.35. The molecule has 0 heterocycles. The molecule has 0 saturated carbocycles. The van der Waals surface area contributed by atoms with Crippen molar-refractivity contribution in [2.45, 2.75) is 6.92 Å². The summed E-state index contributed by atoms with van der Waals surface area (Å²) in [6, 6.07) is 0. The minimum atomic E-state index is 1.36. The third-order valence-electron chi connectivity index (χ3n) is 0.272. The molecule has 0 aliphatic carbocycles. The fourth-order valence-corrected chi connectivity index (χ4v) is 0.322. The molecule has 0 aliphatic heterocycles. The molecule has 0 radical (unpaired) electrons. The summed E-state index contributed by atoms with van der Waals surface area (Å²) >= 11 is 1.36. The van der Waals surface area contributed by atoms with E-state index in [1.807, 2.05) is 18.4 Å². The van der Waals surface area contributed by atoms with Crippen molar-refractivity contribution >= 4 is 11.8 Å². The Bertz CT molecular complexity index is 76.4. The van der Waals surface area contributed by atoms with Crippen LogP contribution in [0.4, 0.5) is 0 Å². The Kier molecular flexibility index (Phi) is 4.38. The summed E-state index contributed by atoms with van der Waals surface area (Å²) in [6.45, 7) is 1.93. The monoisotopic (exact) mass is 98.0 g/mol.